The number of rotatable bonds is 12. The summed E-state index contributed by atoms with van der Waals surface area (Å²) >= 11 is 0. The van der Waals surface area contributed by atoms with Gasteiger partial charge in [0.05, 0.1) is 35.6 Å². The van der Waals surface area contributed by atoms with Crippen molar-refractivity contribution in [2.45, 2.75) is 65.0 Å². The Morgan fingerprint density at radius 3 is 2.24 bits per heavy atom. The van der Waals surface area contributed by atoms with Gasteiger partial charge in [0.25, 0.3) is 23.8 Å². The lowest BCUT2D eigenvalue weighted by Crippen LogP contribution is -2.52. The van der Waals surface area contributed by atoms with Gasteiger partial charge in [0.2, 0.25) is 0 Å². The number of likely N-dealkylation sites (tertiary alicyclic amines) is 2. The second-order valence-corrected chi connectivity index (χ2v) is 17.4. The number of oxazole rings is 2. The number of piperidine rings is 2. The minimum absolute atomic E-state index is 0.0135. The van der Waals surface area contributed by atoms with Gasteiger partial charge in [-0.2, -0.15) is 25.0 Å². The first kappa shape index (κ1) is 42.5. The smallest absolute Gasteiger partial charge is 0.295 e. The lowest BCUT2D eigenvalue weighted by Gasteiger charge is -2.41. The second kappa shape index (κ2) is 18.2. The van der Waals surface area contributed by atoms with Crippen molar-refractivity contribution < 1.29 is 22.8 Å². The summed E-state index contributed by atoms with van der Waals surface area (Å²) < 4.78 is 25.8. The Kier molecular flexibility index (Phi) is 11.7. The maximum atomic E-state index is 14.8. The molecule has 0 spiro atoms. The largest absolute Gasteiger partial charge is 0.424 e. The Bertz CT molecular complexity index is 3010. The van der Waals surface area contributed by atoms with Crippen LogP contribution in [-0.2, 0) is 6.42 Å². The van der Waals surface area contributed by atoms with Crippen molar-refractivity contribution in [3.05, 3.63) is 137 Å². The average Bonchev–Trinajstić information content (AvgIpc) is 4.11. The molecular formula is C50H50FN11O4. The summed E-state index contributed by atoms with van der Waals surface area (Å²) in [4.78, 5) is 54.1. The van der Waals surface area contributed by atoms with E-state index in [1.54, 1.807) is 24.7 Å². The zero-order valence-corrected chi connectivity index (χ0v) is 37.0. The van der Waals surface area contributed by atoms with Gasteiger partial charge >= 0.3 is 0 Å². The van der Waals surface area contributed by atoms with E-state index in [1.807, 2.05) is 90.4 Å². The maximum absolute atomic E-state index is 14.8. The summed E-state index contributed by atoms with van der Waals surface area (Å²) in [5, 5.41) is 15.5. The van der Waals surface area contributed by atoms with Crippen LogP contribution in [0.4, 0.5) is 16.4 Å². The first-order valence-electron chi connectivity index (χ1n) is 22.6. The Balaban J connectivity index is 0.928. The number of halogens is 1. The van der Waals surface area contributed by atoms with E-state index in [4.69, 9.17) is 18.8 Å². The Hall–Kier alpha value is -7.49. The molecule has 8 aromatic rings. The number of fused-ring (bicyclic) bond motifs is 2. The second-order valence-electron chi connectivity index (χ2n) is 17.4. The number of carbonyl (C=O) groups excluding carboxylic acids is 2. The third kappa shape index (κ3) is 8.57. The molecule has 4 atom stereocenters. The molecule has 66 heavy (non-hydrogen) atoms. The summed E-state index contributed by atoms with van der Waals surface area (Å²) in [5.41, 5.74) is 7.32. The summed E-state index contributed by atoms with van der Waals surface area (Å²) in [5.74, 6) is 0.0166. The molecule has 0 aliphatic carbocycles. The van der Waals surface area contributed by atoms with E-state index in [9.17, 15) is 14.0 Å². The van der Waals surface area contributed by atoms with Crippen molar-refractivity contribution in [2.24, 2.45) is 11.8 Å². The van der Waals surface area contributed by atoms with Crippen LogP contribution in [-0.4, -0.2) is 94.8 Å². The van der Waals surface area contributed by atoms with E-state index in [1.165, 1.54) is 16.9 Å². The zero-order chi connectivity index (χ0) is 45.3. The van der Waals surface area contributed by atoms with Gasteiger partial charge in [-0.05, 0) is 112 Å². The summed E-state index contributed by atoms with van der Waals surface area (Å²) in [6.07, 6.45) is 8.99. The van der Waals surface area contributed by atoms with Crippen LogP contribution in [0.1, 0.15) is 70.1 Å². The molecule has 2 amide bonds. The lowest BCUT2D eigenvalue weighted by molar-refractivity contribution is 0.0515. The molecule has 4 aromatic carbocycles. The van der Waals surface area contributed by atoms with Crippen LogP contribution in [0.25, 0.3) is 39.3 Å². The van der Waals surface area contributed by atoms with Crippen molar-refractivity contribution in [1.82, 2.24) is 44.7 Å². The molecule has 2 N–H and O–H groups in total. The Morgan fingerprint density at radius 2 is 1.44 bits per heavy atom. The first-order chi connectivity index (χ1) is 32.2. The molecule has 2 fully saturated rings. The molecule has 4 aromatic heterocycles. The molecular weight excluding hydrogens is 838 g/mol. The van der Waals surface area contributed by atoms with Gasteiger partial charge in [-0.3, -0.25) is 9.59 Å². The van der Waals surface area contributed by atoms with Crippen molar-refractivity contribution in [3.63, 3.8) is 0 Å². The predicted molar refractivity (Wildman–Crippen MR) is 248 cm³/mol. The van der Waals surface area contributed by atoms with Crippen LogP contribution >= 0.6 is 0 Å². The number of nitrogens with zero attached hydrogens (tertiary/aromatic N) is 9. The number of amides is 2. The van der Waals surface area contributed by atoms with Crippen LogP contribution in [0.2, 0.25) is 0 Å². The Morgan fingerprint density at radius 1 is 0.727 bits per heavy atom. The number of carbonyl (C=O) groups is 2. The molecule has 0 radical (unpaired) electrons. The molecule has 6 heterocycles. The molecule has 15 nitrogen and oxygen atoms in total. The fourth-order valence-electron chi connectivity index (χ4n) is 9.70. The average molecular weight is 888 g/mol. The fraction of sp³-hybridized carbons (Fsp3) is 0.320. The highest BCUT2D eigenvalue weighted by atomic mass is 19.1. The van der Waals surface area contributed by atoms with Crippen LogP contribution in [0.5, 0.6) is 0 Å². The van der Waals surface area contributed by atoms with E-state index >= 15 is 0 Å². The zero-order valence-electron chi connectivity index (χ0n) is 37.0. The number of nitrogens with one attached hydrogen (secondary N) is 2. The van der Waals surface area contributed by atoms with Gasteiger partial charge in [0.1, 0.15) is 22.5 Å². The van der Waals surface area contributed by atoms with Crippen LogP contribution in [0.3, 0.4) is 0 Å². The molecule has 4 unspecified atom stereocenters. The van der Waals surface area contributed by atoms with Crippen LogP contribution in [0, 0.1) is 31.5 Å². The molecule has 10 rings (SSSR count). The molecule has 2 saturated heterocycles. The monoisotopic (exact) mass is 887 g/mol. The lowest BCUT2D eigenvalue weighted by atomic mass is 9.84. The minimum Gasteiger partial charge on any atom is -0.424 e. The molecule has 0 bridgehead atoms. The minimum atomic E-state index is -0.398. The molecule has 2 aliphatic rings. The number of hydrogen-bond acceptors (Lipinski definition) is 12. The number of aromatic nitrogens is 7. The first-order valence-corrected chi connectivity index (χ1v) is 22.6. The highest BCUT2D eigenvalue weighted by molar-refractivity contribution is 6.01. The van der Waals surface area contributed by atoms with Gasteiger partial charge < -0.3 is 29.3 Å². The summed E-state index contributed by atoms with van der Waals surface area (Å²) in [6.45, 7) is 8.03. The molecule has 16 heteroatoms. The van der Waals surface area contributed by atoms with Gasteiger partial charge in [0, 0.05) is 49.7 Å². The van der Waals surface area contributed by atoms with Crippen molar-refractivity contribution >= 4 is 46.0 Å². The standard InChI is InChI=1S/C50H50FN11O4/c1-30-15-17-36(47(63)60-23-7-10-31(2)41(60)28-53-50-59-40-18-16-34(51)27-44(40)66-50)38(25-30)46-52-20-19-35(57-46)26-33-11-8-24-61(42(33)29-54-49-58-39-13-4-5-14-43(39)65-49)48(64)37-12-6-9-32(3)45(37)62-55-21-22-56-62/h4-6,9,12-22,25,27,31,33,41-42H,7-8,10-11,23-24,26,28-29H2,1-3H3,(H,53,59)(H,54,58). The summed E-state index contributed by atoms with van der Waals surface area (Å²) in [7, 11) is 0. The number of aryl methyl sites for hydroxylation is 2. The number of anilines is 2. The maximum Gasteiger partial charge on any atom is 0.295 e. The van der Waals surface area contributed by atoms with Gasteiger partial charge in [-0.1, -0.05) is 42.8 Å². The SMILES string of the molecule is Cc1ccc(C(=O)N2CCCC(C)C2CNc2nc3ccc(F)cc3o2)c(-c2nccc(CC3CCCN(C(=O)c4cccc(C)c4-n4nccn4)C3CNc3nc4ccccc4o3)n2)c1. The van der Waals surface area contributed by atoms with Crippen LogP contribution in [0.15, 0.2) is 112 Å². The number of benzene rings is 4. The highest BCUT2D eigenvalue weighted by Gasteiger charge is 2.37. The topological polar surface area (TPSA) is 173 Å². The van der Waals surface area contributed by atoms with Crippen molar-refractivity contribution in [1.29, 1.82) is 0 Å². The number of para-hydroxylation sites is 3. The van der Waals surface area contributed by atoms with E-state index in [0.717, 1.165) is 48.0 Å². The quantitative estimate of drug-likeness (QED) is 0.120. The van der Waals surface area contributed by atoms with E-state index in [2.05, 4.69) is 37.7 Å². The normalized spacial score (nSPS) is 18.8. The Labute approximate surface area is 380 Å². The van der Waals surface area contributed by atoms with Crippen LogP contribution < -0.4 is 10.6 Å². The fourth-order valence-corrected chi connectivity index (χ4v) is 9.70. The molecule has 0 saturated carbocycles. The highest BCUT2D eigenvalue weighted by Crippen LogP contribution is 2.33. The molecule has 336 valence electrons. The van der Waals surface area contributed by atoms with E-state index < -0.39 is 5.82 Å². The van der Waals surface area contributed by atoms with Crippen molar-refractivity contribution in [3.8, 4) is 17.1 Å². The molecule has 2 aliphatic heterocycles. The van der Waals surface area contributed by atoms with Gasteiger partial charge in [0.15, 0.2) is 17.0 Å². The number of hydrogen-bond donors (Lipinski definition) is 2. The van der Waals surface area contributed by atoms with Crippen molar-refractivity contribution in [2.75, 3.05) is 36.8 Å². The van der Waals surface area contributed by atoms with E-state index in [0.29, 0.717) is 83.5 Å². The summed E-state index contributed by atoms with van der Waals surface area (Å²) in [6, 6.07) is 25.5. The van der Waals surface area contributed by atoms with Gasteiger partial charge in [-0.15, -0.1) is 0 Å². The predicted octanol–water partition coefficient (Wildman–Crippen LogP) is 8.69. The van der Waals surface area contributed by atoms with E-state index in [-0.39, 0.29) is 41.7 Å². The third-order valence-corrected chi connectivity index (χ3v) is 13.0. The van der Waals surface area contributed by atoms with Gasteiger partial charge in [-0.25, -0.2) is 14.4 Å². The third-order valence-electron chi connectivity index (χ3n) is 13.0.